The largest absolute Gasteiger partial charge is 0.523 e. The van der Waals surface area contributed by atoms with E-state index in [4.69, 9.17) is 9.47 Å². The third-order valence-corrected chi connectivity index (χ3v) is 6.64. The quantitative estimate of drug-likeness (QED) is 0.334. The minimum atomic E-state index is -5.78. The number of rotatable bonds is 7. The Morgan fingerprint density at radius 3 is 2.47 bits per heavy atom. The smallest absolute Gasteiger partial charge is 0.429 e. The molecule has 3 atom stereocenters. The second-order valence-electron chi connectivity index (χ2n) is 7.72. The molecule has 0 bridgehead atoms. The van der Waals surface area contributed by atoms with Gasteiger partial charge in [-0.2, -0.15) is 21.6 Å². The van der Waals surface area contributed by atoms with Crippen LogP contribution in [0, 0.1) is 5.92 Å². The first-order chi connectivity index (χ1) is 15.1. The van der Waals surface area contributed by atoms with Crippen molar-refractivity contribution in [3.8, 4) is 0 Å². The van der Waals surface area contributed by atoms with E-state index in [-0.39, 0.29) is 18.6 Å². The van der Waals surface area contributed by atoms with E-state index in [9.17, 15) is 31.2 Å². The minimum absolute atomic E-state index is 0.0175. The molecule has 0 spiro atoms. The average molecular weight is 479 g/mol. The fourth-order valence-corrected chi connectivity index (χ4v) is 4.60. The summed E-state index contributed by atoms with van der Waals surface area (Å²) in [5.41, 5.74) is -4.81. The van der Waals surface area contributed by atoms with Crippen molar-refractivity contribution in [1.29, 1.82) is 0 Å². The molecule has 1 aromatic rings. The summed E-state index contributed by atoms with van der Waals surface area (Å²) in [6.07, 6.45) is 1.19. The van der Waals surface area contributed by atoms with Crippen LogP contribution < -0.4 is 0 Å². The summed E-state index contributed by atoms with van der Waals surface area (Å²) < 4.78 is 73.7. The molecule has 0 radical (unpaired) electrons. The van der Waals surface area contributed by atoms with Gasteiger partial charge in [0.1, 0.15) is 6.61 Å². The molecule has 1 aromatic carbocycles. The Kier molecular flexibility index (Phi) is 7.65. The van der Waals surface area contributed by atoms with Crippen LogP contribution in [0.3, 0.4) is 0 Å². The maximum atomic E-state index is 12.7. The molecule has 1 heterocycles. The summed E-state index contributed by atoms with van der Waals surface area (Å²) in [6.45, 7) is -0.976. The second kappa shape index (κ2) is 10.1. The first-order valence-electron chi connectivity index (χ1n) is 10.2. The van der Waals surface area contributed by atoms with Gasteiger partial charge >= 0.3 is 21.8 Å². The van der Waals surface area contributed by atoms with Gasteiger partial charge in [-0.15, -0.1) is 0 Å². The van der Waals surface area contributed by atoms with E-state index in [1.165, 1.54) is 4.90 Å². The minimum Gasteiger partial charge on any atom is -0.429 e. The highest BCUT2D eigenvalue weighted by Crippen LogP contribution is 2.40. The Morgan fingerprint density at radius 2 is 1.78 bits per heavy atom. The number of nitrogens with zero attached hydrogens (tertiary/aromatic N) is 1. The molecular formula is C20H24F3NO7S. The number of benzene rings is 1. The topological polar surface area (TPSA) is 99.2 Å². The predicted molar refractivity (Wildman–Crippen MR) is 104 cm³/mol. The van der Waals surface area contributed by atoms with Gasteiger partial charge in [0.25, 0.3) is 0 Å². The molecule has 8 nitrogen and oxygen atoms in total. The predicted octanol–water partition coefficient (Wildman–Crippen LogP) is 3.71. The van der Waals surface area contributed by atoms with Crippen molar-refractivity contribution >= 4 is 22.2 Å². The number of likely N-dealkylation sites (tertiary alicyclic amines) is 1. The van der Waals surface area contributed by atoms with Crippen molar-refractivity contribution in [2.24, 2.45) is 5.92 Å². The second-order valence-corrected chi connectivity index (χ2v) is 9.32. The normalized spacial score (nSPS) is 23.5. The van der Waals surface area contributed by atoms with E-state index in [1.807, 2.05) is 6.07 Å². The Bertz CT molecular complexity index is 908. The molecule has 0 N–H and O–H groups in total. The summed E-state index contributed by atoms with van der Waals surface area (Å²) in [7, 11) is -5.78. The summed E-state index contributed by atoms with van der Waals surface area (Å²) in [5.74, 6) is -0.558. The molecule has 32 heavy (non-hydrogen) atoms. The number of alkyl halides is 3. The lowest BCUT2D eigenvalue weighted by Crippen LogP contribution is -2.45. The molecular weight excluding hydrogens is 455 g/mol. The maximum absolute atomic E-state index is 12.7. The van der Waals surface area contributed by atoms with Crippen molar-refractivity contribution in [3.05, 3.63) is 35.9 Å². The molecule has 1 aliphatic heterocycles. The van der Waals surface area contributed by atoms with E-state index in [0.29, 0.717) is 12.8 Å². The zero-order valence-corrected chi connectivity index (χ0v) is 17.9. The van der Waals surface area contributed by atoms with Crippen LogP contribution in [0.4, 0.5) is 18.0 Å². The molecule has 1 amide bonds. The molecule has 1 saturated carbocycles. The maximum Gasteiger partial charge on any atom is 0.523 e. The zero-order valence-electron chi connectivity index (χ0n) is 17.1. The molecule has 2 fully saturated rings. The fourth-order valence-electron chi connectivity index (χ4n) is 4.16. The fraction of sp³-hybridized carbons (Fsp3) is 0.600. The lowest BCUT2D eigenvalue weighted by Gasteiger charge is -2.33. The van der Waals surface area contributed by atoms with Gasteiger partial charge in [0.15, 0.2) is 6.23 Å². The monoisotopic (exact) mass is 479 g/mol. The van der Waals surface area contributed by atoms with Gasteiger partial charge in [-0.25, -0.2) is 4.79 Å². The van der Waals surface area contributed by atoms with Crippen LogP contribution in [-0.4, -0.2) is 49.8 Å². The standard InChI is InChI=1S/C20H24F3NO7S/c21-20(22,23)32(27,28)30-11-10-17(25)24-16-9-5-4-8-15(16)12-18(24)31-19(26)29-13-14-6-2-1-3-7-14/h1-3,6-7,15-16,18H,4-5,8-13H2/t15-,16-,18-/m0/s1. The summed E-state index contributed by atoms with van der Waals surface area (Å²) in [6, 6.07) is 8.68. The first kappa shape index (κ1) is 24.3. The van der Waals surface area contributed by atoms with Gasteiger partial charge in [0, 0.05) is 12.5 Å². The van der Waals surface area contributed by atoms with E-state index in [0.717, 1.165) is 24.8 Å². The van der Waals surface area contributed by atoms with Crippen LogP contribution >= 0.6 is 0 Å². The van der Waals surface area contributed by atoms with Gasteiger partial charge in [0.05, 0.1) is 13.0 Å². The molecule has 1 aliphatic carbocycles. The van der Waals surface area contributed by atoms with Crippen LogP contribution in [0.1, 0.15) is 44.1 Å². The Hall–Kier alpha value is -2.34. The number of ether oxygens (including phenoxy) is 2. The van der Waals surface area contributed by atoms with Crippen LogP contribution in [0.5, 0.6) is 0 Å². The first-order valence-corrected chi connectivity index (χ1v) is 11.6. The van der Waals surface area contributed by atoms with Gasteiger partial charge in [-0.05, 0) is 24.3 Å². The van der Waals surface area contributed by atoms with E-state index >= 15 is 0 Å². The number of fused-ring (bicyclic) bond motifs is 1. The molecule has 1 saturated heterocycles. The number of amides is 1. The number of hydrogen-bond acceptors (Lipinski definition) is 7. The summed E-state index contributed by atoms with van der Waals surface area (Å²) in [5, 5.41) is 0. The molecule has 0 unspecified atom stereocenters. The summed E-state index contributed by atoms with van der Waals surface area (Å²) in [4.78, 5) is 26.3. The van der Waals surface area contributed by atoms with Gasteiger partial charge in [-0.3, -0.25) is 8.98 Å². The van der Waals surface area contributed by atoms with Gasteiger partial charge < -0.3 is 14.4 Å². The molecule has 2 aliphatic rings. The third-order valence-electron chi connectivity index (χ3n) is 5.60. The van der Waals surface area contributed by atoms with Gasteiger partial charge in [-0.1, -0.05) is 43.2 Å². The van der Waals surface area contributed by atoms with Gasteiger partial charge in [0.2, 0.25) is 5.91 Å². The number of halogens is 3. The highest BCUT2D eigenvalue weighted by Gasteiger charge is 2.48. The Morgan fingerprint density at radius 1 is 1.09 bits per heavy atom. The van der Waals surface area contributed by atoms with E-state index in [1.54, 1.807) is 24.3 Å². The van der Waals surface area contributed by atoms with Crippen molar-refractivity contribution in [1.82, 2.24) is 4.90 Å². The molecule has 178 valence electrons. The van der Waals surface area contributed by atoms with Crippen LogP contribution in [-0.2, 0) is 35.2 Å². The van der Waals surface area contributed by atoms with Crippen molar-refractivity contribution in [2.75, 3.05) is 6.61 Å². The zero-order chi connectivity index (χ0) is 23.4. The lowest BCUT2D eigenvalue weighted by molar-refractivity contribution is -0.143. The lowest BCUT2D eigenvalue weighted by atomic mass is 9.85. The highest BCUT2D eigenvalue weighted by molar-refractivity contribution is 7.87. The van der Waals surface area contributed by atoms with E-state index < -0.39 is 46.9 Å². The van der Waals surface area contributed by atoms with Crippen molar-refractivity contribution in [2.45, 2.75) is 62.9 Å². The third kappa shape index (κ3) is 5.91. The van der Waals surface area contributed by atoms with E-state index in [2.05, 4.69) is 4.18 Å². The average Bonchev–Trinajstić information content (AvgIpc) is 3.09. The van der Waals surface area contributed by atoms with Crippen LogP contribution in [0.25, 0.3) is 0 Å². The van der Waals surface area contributed by atoms with Crippen LogP contribution in [0.15, 0.2) is 30.3 Å². The Labute approximate surface area is 183 Å². The van der Waals surface area contributed by atoms with Crippen molar-refractivity contribution < 1.29 is 44.8 Å². The molecule has 0 aromatic heterocycles. The molecule has 3 rings (SSSR count). The number of hydrogen-bond donors (Lipinski definition) is 0. The number of carbonyl (C=O) groups is 2. The number of carbonyl (C=O) groups excluding carboxylic acids is 2. The highest BCUT2D eigenvalue weighted by atomic mass is 32.2. The summed E-state index contributed by atoms with van der Waals surface area (Å²) >= 11 is 0. The van der Waals surface area contributed by atoms with Crippen molar-refractivity contribution in [3.63, 3.8) is 0 Å². The van der Waals surface area contributed by atoms with Crippen LogP contribution in [0.2, 0.25) is 0 Å². The Balaban J connectivity index is 1.60. The SMILES string of the molecule is O=C(OCc1ccccc1)O[C@H]1C[C@@H]2CCCC[C@@H]2N1C(=O)CCOS(=O)(=O)C(F)(F)F. The molecule has 12 heteroatoms.